The molecule has 1 heterocycles. The number of rotatable bonds is 4. The van der Waals surface area contributed by atoms with Crippen LogP contribution in [0.5, 0.6) is 0 Å². The molecule has 1 aliphatic carbocycles. The Bertz CT molecular complexity index is 667. The predicted molar refractivity (Wildman–Crippen MR) is 69.6 cm³/mol. The molecule has 1 aromatic rings. The third kappa shape index (κ3) is 2.54. The Labute approximate surface area is 113 Å². The maximum Gasteiger partial charge on any atom is 0.350 e. The third-order valence-corrected chi connectivity index (χ3v) is 3.63. The summed E-state index contributed by atoms with van der Waals surface area (Å²) in [5, 5.41) is 10.8. The molecule has 0 aliphatic heterocycles. The number of nitro groups is 1. The number of hydrogen-bond acceptors (Lipinski definition) is 5. The Kier molecular flexibility index (Phi) is 3.82. The van der Waals surface area contributed by atoms with Crippen LogP contribution in [0.3, 0.4) is 0 Å². The number of carbonyl (C=O) groups is 1. The van der Waals surface area contributed by atoms with Crippen molar-refractivity contribution in [1.29, 1.82) is 0 Å². The number of nitrogens with zero attached hydrogens (tertiary/aromatic N) is 3. The molecule has 20 heavy (non-hydrogen) atoms. The normalized spacial score (nSPS) is 15.4. The van der Waals surface area contributed by atoms with Crippen LogP contribution < -0.4 is 11.2 Å². The lowest BCUT2D eigenvalue weighted by molar-refractivity contribution is -0.387. The fourth-order valence-corrected chi connectivity index (χ4v) is 2.51. The van der Waals surface area contributed by atoms with Gasteiger partial charge in [0, 0.05) is 13.0 Å². The van der Waals surface area contributed by atoms with E-state index >= 15 is 0 Å². The molecule has 108 valence electrons. The number of Topliss-reactive ketones (excluding diaryl/α,β-unsaturated/α-hetero) is 1. The van der Waals surface area contributed by atoms with Gasteiger partial charge in [0.2, 0.25) is 0 Å². The molecule has 8 heteroatoms. The molecule has 0 radical (unpaired) electrons. The van der Waals surface area contributed by atoms with Crippen molar-refractivity contribution >= 4 is 11.5 Å². The van der Waals surface area contributed by atoms with Gasteiger partial charge in [-0.25, -0.2) is 9.36 Å². The largest absolute Gasteiger partial charge is 0.350 e. The molecule has 0 amide bonds. The summed E-state index contributed by atoms with van der Waals surface area (Å²) in [7, 11) is 1.31. The van der Waals surface area contributed by atoms with Crippen LogP contribution in [0.25, 0.3) is 0 Å². The van der Waals surface area contributed by atoms with Gasteiger partial charge in [-0.1, -0.05) is 12.8 Å². The van der Waals surface area contributed by atoms with E-state index in [0.717, 1.165) is 36.4 Å². The Hall–Kier alpha value is -2.25. The van der Waals surface area contributed by atoms with Crippen molar-refractivity contribution in [2.45, 2.75) is 32.2 Å². The van der Waals surface area contributed by atoms with E-state index in [1.165, 1.54) is 7.05 Å². The average molecular weight is 281 g/mol. The first-order valence-electron chi connectivity index (χ1n) is 6.39. The zero-order chi connectivity index (χ0) is 14.9. The summed E-state index contributed by atoms with van der Waals surface area (Å²) in [4.78, 5) is 45.7. The zero-order valence-electron chi connectivity index (χ0n) is 11.1. The zero-order valence-corrected chi connectivity index (χ0v) is 11.1. The first kappa shape index (κ1) is 14.2. The molecular weight excluding hydrogens is 266 g/mol. The SMILES string of the molecule is Cn1cc([N+](=O)[O-])c(=O)n(CC(=O)C2CCCC2)c1=O. The summed E-state index contributed by atoms with van der Waals surface area (Å²) >= 11 is 0. The van der Waals surface area contributed by atoms with Gasteiger partial charge in [-0.2, -0.15) is 0 Å². The number of aryl methyl sites for hydroxylation is 1. The van der Waals surface area contributed by atoms with E-state index in [9.17, 15) is 24.5 Å². The van der Waals surface area contributed by atoms with Crippen LogP contribution in [0.2, 0.25) is 0 Å². The van der Waals surface area contributed by atoms with Crippen LogP contribution in [-0.4, -0.2) is 19.8 Å². The summed E-state index contributed by atoms with van der Waals surface area (Å²) < 4.78 is 1.60. The number of aromatic nitrogens is 2. The Morgan fingerprint density at radius 3 is 2.55 bits per heavy atom. The molecule has 1 aliphatic rings. The second kappa shape index (κ2) is 5.40. The lowest BCUT2D eigenvalue weighted by Gasteiger charge is -2.10. The van der Waals surface area contributed by atoms with Crippen molar-refractivity contribution in [1.82, 2.24) is 9.13 Å². The molecule has 0 N–H and O–H groups in total. The quantitative estimate of drug-likeness (QED) is 0.579. The molecule has 8 nitrogen and oxygen atoms in total. The molecule has 1 aromatic heterocycles. The van der Waals surface area contributed by atoms with Crippen molar-refractivity contribution in [3.05, 3.63) is 37.1 Å². The van der Waals surface area contributed by atoms with E-state index in [1.54, 1.807) is 0 Å². The molecule has 0 aromatic carbocycles. The number of hydrogen-bond donors (Lipinski definition) is 0. The summed E-state index contributed by atoms with van der Waals surface area (Å²) in [5.74, 6) is -0.354. The summed E-state index contributed by atoms with van der Waals surface area (Å²) in [6.07, 6.45) is 4.30. The van der Waals surface area contributed by atoms with Gasteiger partial charge in [0.05, 0.1) is 17.7 Å². The van der Waals surface area contributed by atoms with E-state index in [1.807, 2.05) is 0 Å². The van der Waals surface area contributed by atoms with Crippen LogP contribution in [-0.2, 0) is 18.4 Å². The smallest absolute Gasteiger partial charge is 0.297 e. The van der Waals surface area contributed by atoms with E-state index < -0.39 is 28.4 Å². The monoisotopic (exact) mass is 281 g/mol. The van der Waals surface area contributed by atoms with Crippen LogP contribution >= 0.6 is 0 Å². The molecule has 0 saturated heterocycles. The molecule has 0 bridgehead atoms. The van der Waals surface area contributed by atoms with Gasteiger partial charge < -0.3 is 0 Å². The van der Waals surface area contributed by atoms with Crippen molar-refractivity contribution in [2.24, 2.45) is 13.0 Å². The van der Waals surface area contributed by atoms with Gasteiger partial charge in [0.25, 0.3) is 0 Å². The van der Waals surface area contributed by atoms with Gasteiger partial charge >= 0.3 is 16.9 Å². The van der Waals surface area contributed by atoms with E-state index in [2.05, 4.69) is 0 Å². The Morgan fingerprint density at radius 2 is 2.00 bits per heavy atom. The van der Waals surface area contributed by atoms with Gasteiger partial charge in [-0.05, 0) is 12.8 Å². The third-order valence-electron chi connectivity index (χ3n) is 3.63. The Morgan fingerprint density at radius 1 is 1.40 bits per heavy atom. The highest BCUT2D eigenvalue weighted by Gasteiger charge is 2.26. The second-order valence-electron chi connectivity index (χ2n) is 5.00. The first-order valence-corrected chi connectivity index (χ1v) is 6.39. The van der Waals surface area contributed by atoms with Crippen LogP contribution in [0.15, 0.2) is 15.8 Å². The van der Waals surface area contributed by atoms with Crippen LogP contribution in [0.4, 0.5) is 5.69 Å². The maximum absolute atomic E-state index is 12.0. The summed E-state index contributed by atoms with van der Waals surface area (Å²) in [6, 6.07) is 0. The number of carbonyl (C=O) groups excluding carboxylic acids is 1. The van der Waals surface area contributed by atoms with Crippen LogP contribution in [0, 0.1) is 16.0 Å². The average Bonchev–Trinajstić information content (AvgIpc) is 2.92. The van der Waals surface area contributed by atoms with E-state index in [0.29, 0.717) is 4.57 Å². The fourth-order valence-electron chi connectivity index (χ4n) is 2.51. The van der Waals surface area contributed by atoms with Crippen molar-refractivity contribution in [2.75, 3.05) is 0 Å². The van der Waals surface area contributed by atoms with Gasteiger partial charge in [-0.15, -0.1) is 0 Å². The lowest BCUT2D eigenvalue weighted by atomic mass is 10.0. The van der Waals surface area contributed by atoms with Crippen molar-refractivity contribution in [3.8, 4) is 0 Å². The van der Waals surface area contributed by atoms with Crippen LogP contribution in [0.1, 0.15) is 25.7 Å². The highest BCUT2D eigenvalue weighted by Crippen LogP contribution is 2.25. The molecule has 0 atom stereocenters. The minimum atomic E-state index is -1.02. The van der Waals surface area contributed by atoms with Crippen molar-refractivity contribution in [3.63, 3.8) is 0 Å². The molecule has 1 fully saturated rings. The summed E-state index contributed by atoms with van der Waals surface area (Å²) in [6.45, 7) is -0.391. The van der Waals surface area contributed by atoms with Gasteiger partial charge in [0.15, 0.2) is 5.78 Å². The number of ketones is 1. The van der Waals surface area contributed by atoms with E-state index in [4.69, 9.17) is 0 Å². The van der Waals surface area contributed by atoms with Crippen molar-refractivity contribution < 1.29 is 9.72 Å². The van der Waals surface area contributed by atoms with Gasteiger partial charge in [0.1, 0.15) is 0 Å². The molecule has 0 unspecified atom stereocenters. The topological polar surface area (TPSA) is 104 Å². The molecule has 0 spiro atoms. The molecule has 2 rings (SSSR count). The van der Waals surface area contributed by atoms with E-state index in [-0.39, 0.29) is 11.7 Å². The highest BCUT2D eigenvalue weighted by molar-refractivity contribution is 5.81. The summed E-state index contributed by atoms with van der Waals surface area (Å²) in [5.41, 5.74) is -2.44. The Balaban J connectivity index is 2.40. The predicted octanol–water partition coefficient (Wildman–Crippen LogP) is 0.214. The standard InChI is InChI=1S/C12H15N3O5/c1-13-6-9(15(19)20)11(17)14(12(13)18)7-10(16)8-4-2-3-5-8/h6,8H,2-5,7H2,1H3. The molecular formula is C12H15N3O5. The first-order chi connectivity index (χ1) is 9.41. The lowest BCUT2D eigenvalue weighted by Crippen LogP contribution is -2.42. The minimum Gasteiger partial charge on any atom is -0.297 e. The maximum atomic E-state index is 12.0. The fraction of sp³-hybridized carbons (Fsp3) is 0.583. The van der Waals surface area contributed by atoms with Gasteiger partial charge in [-0.3, -0.25) is 24.3 Å². The second-order valence-corrected chi connectivity index (χ2v) is 5.00. The highest BCUT2D eigenvalue weighted by atomic mass is 16.6. The minimum absolute atomic E-state index is 0.147. The molecule has 1 saturated carbocycles.